The molecule has 3 rings (SSSR count). The van der Waals surface area contributed by atoms with Crippen LogP contribution in [0.15, 0.2) is 6.07 Å². The SMILES string of the molecule is CCc1nnc(C)cc1-c1nc(N2CCNC(C)C2)n[nH]1. The molecule has 0 saturated carbocycles. The van der Waals surface area contributed by atoms with Crippen LogP contribution in [0.25, 0.3) is 11.4 Å². The van der Waals surface area contributed by atoms with Crippen LogP contribution in [-0.4, -0.2) is 51.1 Å². The zero-order valence-corrected chi connectivity index (χ0v) is 12.7. The quantitative estimate of drug-likeness (QED) is 0.874. The highest BCUT2D eigenvalue weighted by molar-refractivity contribution is 5.59. The van der Waals surface area contributed by atoms with E-state index in [0.29, 0.717) is 6.04 Å². The van der Waals surface area contributed by atoms with Crippen molar-refractivity contribution >= 4 is 5.95 Å². The Morgan fingerprint density at radius 2 is 2.24 bits per heavy atom. The van der Waals surface area contributed by atoms with Crippen molar-refractivity contribution < 1.29 is 0 Å². The second-order valence-corrected chi connectivity index (χ2v) is 5.48. The molecule has 21 heavy (non-hydrogen) atoms. The van der Waals surface area contributed by atoms with E-state index in [2.05, 4.69) is 49.4 Å². The van der Waals surface area contributed by atoms with E-state index in [4.69, 9.17) is 0 Å². The normalized spacial score (nSPS) is 19.0. The van der Waals surface area contributed by atoms with Gasteiger partial charge in [0.05, 0.1) is 11.4 Å². The first kappa shape index (κ1) is 13.9. The highest BCUT2D eigenvalue weighted by atomic mass is 15.4. The van der Waals surface area contributed by atoms with Gasteiger partial charge in [0.25, 0.3) is 0 Å². The Kier molecular flexibility index (Phi) is 3.83. The van der Waals surface area contributed by atoms with Crippen LogP contribution >= 0.6 is 0 Å². The van der Waals surface area contributed by atoms with Crippen LogP contribution in [0.5, 0.6) is 0 Å². The Morgan fingerprint density at radius 3 is 3.00 bits per heavy atom. The van der Waals surface area contributed by atoms with Gasteiger partial charge in [-0.1, -0.05) is 6.92 Å². The molecular formula is C14H21N7. The fraction of sp³-hybridized carbons (Fsp3) is 0.571. The summed E-state index contributed by atoms with van der Waals surface area (Å²) in [5.74, 6) is 1.53. The molecule has 0 amide bonds. The Morgan fingerprint density at radius 1 is 1.38 bits per heavy atom. The highest BCUT2D eigenvalue weighted by Crippen LogP contribution is 2.21. The second kappa shape index (κ2) is 5.77. The highest BCUT2D eigenvalue weighted by Gasteiger charge is 2.20. The molecule has 1 aliphatic heterocycles. The van der Waals surface area contributed by atoms with Gasteiger partial charge in [0.15, 0.2) is 5.82 Å². The van der Waals surface area contributed by atoms with E-state index in [9.17, 15) is 0 Å². The van der Waals surface area contributed by atoms with Crippen molar-refractivity contribution in [2.75, 3.05) is 24.5 Å². The van der Waals surface area contributed by atoms with Gasteiger partial charge in [-0.25, -0.2) is 0 Å². The maximum absolute atomic E-state index is 4.65. The van der Waals surface area contributed by atoms with Crippen molar-refractivity contribution in [3.05, 3.63) is 17.5 Å². The van der Waals surface area contributed by atoms with Gasteiger partial charge in [-0.05, 0) is 26.3 Å². The molecule has 0 spiro atoms. The number of hydrogen-bond acceptors (Lipinski definition) is 6. The Hall–Kier alpha value is -2.02. The first-order valence-electron chi connectivity index (χ1n) is 7.41. The Balaban J connectivity index is 1.89. The summed E-state index contributed by atoms with van der Waals surface area (Å²) in [6, 6.07) is 2.47. The Labute approximate surface area is 124 Å². The average Bonchev–Trinajstić information content (AvgIpc) is 2.97. The van der Waals surface area contributed by atoms with E-state index < -0.39 is 0 Å². The third-order valence-corrected chi connectivity index (χ3v) is 3.71. The van der Waals surface area contributed by atoms with Crippen LogP contribution in [0.3, 0.4) is 0 Å². The van der Waals surface area contributed by atoms with Crippen LogP contribution < -0.4 is 10.2 Å². The van der Waals surface area contributed by atoms with E-state index in [0.717, 1.165) is 54.8 Å². The van der Waals surface area contributed by atoms with E-state index in [1.807, 2.05) is 13.0 Å². The fourth-order valence-electron chi connectivity index (χ4n) is 2.61. The number of aromatic amines is 1. The van der Waals surface area contributed by atoms with Crippen molar-refractivity contribution in [1.82, 2.24) is 30.7 Å². The predicted molar refractivity (Wildman–Crippen MR) is 81.2 cm³/mol. The van der Waals surface area contributed by atoms with Crippen molar-refractivity contribution in [2.24, 2.45) is 0 Å². The van der Waals surface area contributed by atoms with Gasteiger partial charge in [0.2, 0.25) is 5.95 Å². The number of H-pyrrole nitrogens is 1. The second-order valence-electron chi connectivity index (χ2n) is 5.48. The van der Waals surface area contributed by atoms with Gasteiger partial charge in [-0.3, -0.25) is 5.10 Å². The molecule has 1 fully saturated rings. The van der Waals surface area contributed by atoms with E-state index in [-0.39, 0.29) is 0 Å². The minimum Gasteiger partial charge on any atom is -0.337 e. The standard InChI is InChI=1S/C14H21N7/c1-4-12-11(7-9(2)17-18-12)13-16-14(20-19-13)21-6-5-15-10(3)8-21/h7,10,15H,4-6,8H2,1-3H3,(H,16,19,20). The number of nitrogens with one attached hydrogen (secondary N) is 2. The number of anilines is 1. The van der Waals surface area contributed by atoms with Crippen LogP contribution in [-0.2, 0) is 6.42 Å². The average molecular weight is 287 g/mol. The fourth-order valence-corrected chi connectivity index (χ4v) is 2.61. The third-order valence-electron chi connectivity index (χ3n) is 3.71. The molecule has 0 aromatic carbocycles. The van der Waals surface area contributed by atoms with E-state index >= 15 is 0 Å². The number of piperazine rings is 1. The molecule has 2 N–H and O–H groups in total. The molecule has 1 unspecified atom stereocenters. The summed E-state index contributed by atoms with van der Waals surface area (Å²) in [7, 11) is 0. The number of aromatic nitrogens is 5. The van der Waals surface area contributed by atoms with Crippen molar-refractivity contribution in [1.29, 1.82) is 0 Å². The maximum atomic E-state index is 4.65. The molecule has 112 valence electrons. The molecule has 7 nitrogen and oxygen atoms in total. The van der Waals surface area contributed by atoms with Crippen LogP contribution in [0.4, 0.5) is 5.95 Å². The first-order valence-corrected chi connectivity index (χ1v) is 7.41. The summed E-state index contributed by atoms with van der Waals surface area (Å²) in [6.07, 6.45) is 0.823. The van der Waals surface area contributed by atoms with Gasteiger partial charge in [-0.2, -0.15) is 15.2 Å². The molecule has 2 aromatic heterocycles. The summed E-state index contributed by atoms with van der Waals surface area (Å²) in [5, 5.41) is 19.2. The predicted octanol–water partition coefficient (Wildman–Crippen LogP) is 0.931. The third kappa shape index (κ3) is 2.87. The van der Waals surface area contributed by atoms with E-state index in [1.165, 1.54) is 0 Å². The number of nitrogens with zero attached hydrogens (tertiary/aromatic N) is 5. The van der Waals surface area contributed by atoms with E-state index in [1.54, 1.807) is 0 Å². The van der Waals surface area contributed by atoms with Crippen LogP contribution in [0, 0.1) is 6.92 Å². The largest absolute Gasteiger partial charge is 0.337 e. The van der Waals surface area contributed by atoms with Gasteiger partial charge < -0.3 is 10.2 Å². The molecular weight excluding hydrogens is 266 g/mol. The zero-order chi connectivity index (χ0) is 14.8. The maximum Gasteiger partial charge on any atom is 0.245 e. The first-order chi connectivity index (χ1) is 10.2. The number of rotatable bonds is 3. The minimum absolute atomic E-state index is 0.455. The van der Waals surface area contributed by atoms with Gasteiger partial charge >= 0.3 is 0 Å². The molecule has 7 heteroatoms. The molecule has 1 atom stereocenters. The van der Waals surface area contributed by atoms with Gasteiger partial charge in [-0.15, -0.1) is 5.10 Å². The molecule has 1 saturated heterocycles. The van der Waals surface area contributed by atoms with Crippen LogP contribution in [0.2, 0.25) is 0 Å². The van der Waals surface area contributed by atoms with Crippen LogP contribution in [0.1, 0.15) is 25.2 Å². The number of aryl methyl sites for hydroxylation is 2. The lowest BCUT2D eigenvalue weighted by Gasteiger charge is -2.30. The summed E-state index contributed by atoms with van der Waals surface area (Å²) < 4.78 is 0. The van der Waals surface area contributed by atoms with Crippen molar-refractivity contribution in [2.45, 2.75) is 33.2 Å². The molecule has 2 aromatic rings. The molecule has 0 bridgehead atoms. The summed E-state index contributed by atoms with van der Waals surface area (Å²) in [5.41, 5.74) is 2.82. The topological polar surface area (TPSA) is 82.6 Å². The molecule has 3 heterocycles. The molecule has 0 radical (unpaired) electrons. The lowest BCUT2D eigenvalue weighted by molar-refractivity contribution is 0.480. The molecule has 1 aliphatic rings. The summed E-state index contributed by atoms with van der Waals surface area (Å²) in [4.78, 5) is 6.85. The summed E-state index contributed by atoms with van der Waals surface area (Å²) >= 11 is 0. The lowest BCUT2D eigenvalue weighted by Crippen LogP contribution is -2.49. The summed E-state index contributed by atoms with van der Waals surface area (Å²) in [6.45, 7) is 8.98. The lowest BCUT2D eigenvalue weighted by atomic mass is 10.1. The smallest absolute Gasteiger partial charge is 0.245 e. The van der Waals surface area contributed by atoms with Gasteiger partial charge in [0, 0.05) is 31.2 Å². The Bertz CT molecular complexity index is 622. The zero-order valence-electron chi connectivity index (χ0n) is 12.7. The van der Waals surface area contributed by atoms with Crippen molar-refractivity contribution in [3.63, 3.8) is 0 Å². The monoisotopic (exact) mass is 287 g/mol. The minimum atomic E-state index is 0.455. The number of hydrogen-bond donors (Lipinski definition) is 2. The van der Waals surface area contributed by atoms with Gasteiger partial charge in [0.1, 0.15) is 0 Å². The van der Waals surface area contributed by atoms with Crippen molar-refractivity contribution in [3.8, 4) is 11.4 Å². The molecule has 0 aliphatic carbocycles.